The summed E-state index contributed by atoms with van der Waals surface area (Å²) in [6, 6.07) is 10.6. The Balaban J connectivity index is 1.40. The van der Waals surface area contributed by atoms with Crippen LogP contribution in [-0.2, 0) is 13.1 Å². The van der Waals surface area contributed by atoms with Crippen molar-refractivity contribution in [3.63, 3.8) is 0 Å². The maximum absolute atomic E-state index is 12.1. The second-order valence-corrected chi connectivity index (χ2v) is 7.19. The minimum Gasteiger partial charge on any atom is -0.350 e. The summed E-state index contributed by atoms with van der Waals surface area (Å²) in [5.41, 5.74) is 7.39. The molecule has 1 aliphatic heterocycles. The van der Waals surface area contributed by atoms with E-state index in [-0.39, 0.29) is 5.91 Å². The van der Waals surface area contributed by atoms with Crippen LogP contribution in [0.4, 0.5) is 0 Å². The Labute approximate surface area is 146 Å². The summed E-state index contributed by atoms with van der Waals surface area (Å²) in [4.78, 5) is 18.8. The molecule has 3 N–H and O–H groups in total. The van der Waals surface area contributed by atoms with Crippen LogP contribution < -0.4 is 11.1 Å². The predicted octanol–water partition coefficient (Wildman–Crippen LogP) is 2.24. The maximum atomic E-state index is 12.1. The number of rotatable bonds is 6. The van der Waals surface area contributed by atoms with E-state index in [1.165, 1.54) is 16.9 Å². The number of likely N-dealkylation sites (tertiary alicyclic amines) is 1. The van der Waals surface area contributed by atoms with E-state index in [9.17, 15) is 4.79 Å². The Morgan fingerprint density at radius 2 is 2.04 bits per heavy atom. The van der Waals surface area contributed by atoms with Gasteiger partial charge in [-0.05, 0) is 37.4 Å². The number of hydrogen-bond acceptors (Lipinski definition) is 5. The molecule has 5 nitrogen and oxygen atoms in total. The molecule has 0 spiro atoms. The molecule has 2 aromatic rings. The van der Waals surface area contributed by atoms with Gasteiger partial charge in [0.05, 0.1) is 0 Å². The van der Waals surface area contributed by atoms with Crippen LogP contribution in [0.5, 0.6) is 0 Å². The van der Waals surface area contributed by atoms with Gasteiger partial charge in [0.2, 0.25) is 0 Å². The number of carbonyl (C=O) groups excluding carboxylic acids is 1. The molecule has 0 saturated carbocycles. The molecule has 2 heterocycles. The van der Waals surface area contributed by atoms with Gasteiger partial charge in [0, 0.05) is 25.0 Å². The molecular formula is C18H24N4OS. The monoisotopic (exact) mass is 344 g/mol. The first-order valence-corrected chi connectivity index (χ1v) is 9.31. The minimum atomic E-state index is -0.0855. The molecule has 0 aliphatic carbocycles. The average Bonchev–Trinajstić information content (AvgIpc) is 3.11. The van der Waals surface area contributed by atoms with Gasteiger partial charge in [-0.25, -0.2) is 4.98 Å². The number of carbonyl (C=O) groups is 1. The lowest BCUT2D eigenvalue weighted by atomic mass is 9.96. The number of nitrogens with zero attached hydrogens (tertiary/aromatic N) is 2. The quantitative estimate of drug-likeness (QED) is 0.843. The number of benzene rings is 1. The van der Waals surface area contributed by atoms with Gasteiger partial charge in [0.15, 0.2) is 0 Å². The zero-order valence-corrected chi connectivity index (χ0v) is 14.6. The lowest BCUT2D eigenvalue weighted by molar-refractivity contribution is 0.0931. The lowest BCUT2D eigenvalue weighted by Gasteiger charge is -2.32. The van der Waals surface area contributed by atoms with Gasteiger partial charge in [-0.1, -0.05) is 30.3 Å². The molecular weight excluding hydrogens is 320 g/mol. The molecule has 1 aliphatic rings. The first-order valence-electron chi connectivity index (χ1n) is 8.43. The van der Waals surface area contributed by atoms with Crippen LogP contribution in [0.3, 0.4) is 0 Å². The number of nitrogens with two attached hydrogens (primary N) is 1. The van der Waals surface area contributed by atoms with E-state index >= 15 is 0 Å². The Morgan fingerprint density at radius 3 is 2.71 bits per heavy atom. The molecule has 6 heteroatoms. The van der Waals surface area contributed by atoms with Gasteiger partial charge in [-0.2, -0.15) is 0 Å². The van der Waals surface area contributed by atoms with E-state index in [0.717, 1.165) is 44.0 Å². The van der Waals surface area contributed by atoms with Gasteiger partial charge < -0.3 is 11.1 Å². The zero-order chi connectivity index (χ0) is 16.8. The van der Waals surface area contributed by atoms with Crippen molar-refractivity contribution >= 4 is 17.2 Å². The highest BCUT2D eigenvalue weighted by Gasteiger charge is 2.20. The summed E-state index contributed by atoms with van der Waals surface area (Å²) in [6.07, 6.45) is 2.25. The SMILES string of the molecule is NCc1nc(C(=O)NCC2CCN(Cc3ccccc3)CC2)cs1. The average molecular weight is 344 g/mol. The summed E-state index contributed by atoms with van der Waals surface area (Å²) < 4.78 is 0. The molecule has 24 heavy (non-hydrogen) atoms. The van der Waals surface area contributed by atoms with Crippen molar-refractivity contribution in [3.8, 4) is 0 Å². The fraction of sp³-hybridized carbons (Fsp3) is 0.444. The van der Waals surface area contributed by atoms with Crippen LogP contribution >= 0.6 is 11.3 Å². The number of nitrogens with one attached hydrogen (secondary N) is 1. The lowest BCUT2D eigenvalue weighted by Crippen LogP contribution is -2.38. The van der Waals surface area contributed by atoms with Crippen molar-refractivity contribution < 1.29 is 4.79 Å². The third-order valence-electron chi connectivity index (χ3n) is 4.47. The van der Waals surface area contributed by atoms with E-state index in [4.69, 9.17) is 5.73 Å². The first kappa shape index (κ1) is 17.1. The normalized spacial score (nSPS) is 16.2. The summed E-state index contributed by atoms with van der Waals surface area (Å²) in [6.45, 7) is 4.30. The van der Waals surface area contributed by atoms with Crippen LogP contribution in [0.2, 0.25) is 0 Å². The van der Waals surface area contributed by atoms with Crippen molar-refractivity contribution in [1.82, 2.24) is 15.2 Å². The Bertz CT molecular complexity index is 650. The largest absolute Gasteiger partial charge is 0.350 e. The highest BCUT2D eigenvalue weighted by atomic mass is 32.1. The van der Waals surface area contributed by atoms with Crippen molar-refractivity contribution in [2.24, 2.45) is 11.7 Å². The molecule has 0 unspecified atom stereocenters. The Kier molecular flexibility index (Phi) is 5.96. The van der Waals surface area contributed by atoms with Gasteiger partial charge >= 0.3 is 0 Å². The molecule has 1 saturated heterocycles. The second kappa shape index (κ2) is 8.37. The maximum Gasteiger partial charge on any atom is 0.270 e. The number of hydrogen-bond donors (Lipinski definition) is 2. The molecule has 3 rings (SSSR count). The summed E-state index contributed by atoms with van der Waals surface area (Å²) in [7, 11) is 0. The fourth-order valence-corrected chi connectivity index (χ4v) is 3.68. The van der Waals surface area contributed by atoms with E-state index in [2.05, 4.69) is 45.5 Å². The van der Waals surface area contributed by atoms with E-state index in [1.54, 1.807) is 5.38 Å². The summed E-state index contributed by atoms with van der Waals surface area (Å²) >= 11 is 1.44. The van der Waals surface area contributed by atoms with E-state index in [0.29, 0.717) is 18.2 Å². The summed E-state index contributed by atoms with van der Waals surface area (Å²) in [5, 5.41) is 5.59. The zero-order valence-electron chi connectivity index (χ0n) is 13.8. The third-order valence-corrected chi connectivity index (χ3v) is 5.34. The molecule has 1 amide bonds. The fourth-order valence-electron chi connectivity index (χ4n) is 3.03. The van der Waals surface area contributed by atoms with Crippen LogP contribution in [0.15, 0.2) is 35.7 Å². The van der Waals surface area contributed by atoms with Crippen molar-refractivity contribution in [3.05, 3.63) is 52.0 Å². The van der Waals surface area contributed by atoms with Gasteiger partial charge in [0.1, 0.15) is 10.7 Å². The number of thiazole rings is 1. The predicted molar refractivity (Wildman–Crippen MR) is 96.8 cm³/mol. The number of piperidine rings is 1. The highest BCUT2D eigenvalue weighted by Crippen LogP contribution is 2.18. The van der Waals surface area contributed by atoms with Gasteiger partial charge in [-0.3, -0.25) is 9.69 Å². The first-order chi connectivity index (χ1) is 11.7. The molecule has 0 atom stereocenters. The van der Waals surface area contributed by atoms with Crippen molar-refractivity contribution in [1.29, 1.82) is 0 Å². The molecule has 1 fully saturated rings. The van der Waals surface area contributed by atoms with Crippen LogP contribution in [0.25, 0.3) is 0 Å². The standard InChI is InChI=1S/C18H24N4OS/c19-10-17-21-16(13-24-17)18(23)20-11-14-6-8-22(9-7-14)12-15-4-2-1-3-5-15/h1-5,13-14H,6-12,19H2,(H,20,23). The van der Waals surface area contributed by atoms with Gasteiger partial charge in [0.25, 0.3) is 5.91 Å². The Hall–Kier alpha value is -1.76. The van der Waals surface area contributed by atoms with Crippen LogP contribution in [-0.4, -0.2) is 35.4 Å². The third kappa shape index (κ3) is 4.63. The number of aromatic nitrogens is 1. The molecule has 1 aromatic carbocycles. The molecule has 1 aromatic heterocycles. The van der Waals surface area contributed by atoms with Crippen molar-refractivity contribution in [2.45, 2.75) is 25.9 Å². The molecule has 128 valence electrons. The van der Waals surface area contributed by atoms with Crippen LogP contribution in [0.1, 0.15) is 33.9 Å². The highest BCUT2D eigenvalue weighted by molar-refractivity contribution is 7.09. The smallest absolute Gasteiger partial charge is 0.270 e. The Morgan fingerprint density at radius 1 is 1.29 bits per heavy atom. The van der Waals surface area contributed by atoms with E-state index < -0.39 is 0 Å². The molecule has 0 bridgehead atoms. The van der Waals surface area contributed by atoms with Crippen molar-refractivity contribution in [2.75, 3.05) is 19.6 Å². The van der Waals surface area contributed by atoms with Gasteiger partial charge in [-0.15, -0.1) is 11.3 Å². The van der Waals surface area contributed by atoms with E-state index in [1.807, 2.05) is 0 Å². The number of amides is 1. The molecule has 0 radical (unpaired) electrons. The summed E-state index contributed by atoms with van der Waals surface area (Å²) in [5.74, 6) is 0.464. The second-order valence-electron chi connectivity index (χ2n) is 6.25. The van der Waals surface area contributed by atoms with Crippen LogP contribution in [0, 0.1) is 5.92 Å². The topological polar surface area (TPSA) is 71.2 Å². The minimum absolute atomic E-state index is 0.0855.